The second-order valence-electron chi connectivity index (χ2n) is 35.4. The quantitative estimate of drug-likeness (QED) is 0.0480. The maximum absolute atomic E-state index is 14.1. The number of carbonyl (C=O) groups is 5. The third-order valence-electron chi connectivity index (χ3n) is 26.2. The van der Waals surface area contributed by atoms with Gasteiger partial charge in [-0.15, -0.1) is 0 Å². The lowest BCUT2D eigenvalue weighted by molar-refractivity contribution is -0.144. The normalized spacial score (nSPS) is 19.9. The zero-order chi connectivity index (χ0) is 104. The SMILES string of the molecule is COc1cc(C)c(C(C)C)cc1-c1ccc(C(F)(F)F)cc1[C@@H]1CC[C@H]2[C@@H](c3cc(C(F)(F)F)cc(C(F)(F)F)c3)NC(=O)N12.COc1ccc(-c2ccc(C(C)=O)cc2C)cc1-c1ccc(C(F)(F)F)cc1[C@@H]1CC[C@H]2[C@@H](c3cc(C(F)(F)F)cc(C(F)(F)F)c3)NC(=O)N12.COc1ccc(CCC(=O)O)cc1-c1ccc(C(F)(F)F)cc1[C@@H]1CC[C@H]2[C@@H](c3cc(C(F)(F)F)cc(C(F)(F)F)c3)NC(=O)N12. The highest BCUT2D eigenvalue weighted by atomic mass is 19.4. The van der Waals surface area contributed by atoms with Gasteiger partial charge in [0.1, 0.15) is 17.2 Å². The molecule has 16 rings (SSSR count). The molecule has 0 unspecified atom stereocenters. The van der Waals surface area contributed by atoms with Crippen LogP contribution in [-0.2, 0) is 66.8 Å². The molecule has 6 aliphatic rings. The molecule has 0 aromatic heterocycles. The number of aryl methyl sites for hydroxylation is 3. The number of ketones is 1. The van der Waals surface area contributed by atoms with Crippen LogP contribution in [0.5, 0.6) is 17.2 Å². The van der Waals surface area contributed by atoms with Crippen molar-refractivity contribution in [2.24, 2.45) is 0 Å². The fourth-order valence-electron chi connectivity index (χ4n) is 19.7. The summed E-state index contributed by atoms with van der Waals surface area (Å²) in [5.74, 6) is -0.224. The number of carbonyl (C=O) groups excluding carboxylic acids is 4. The Bertz CT molecular complexity index is 6460. The summed E-state index contributed by atoms with van der Waals surface area (Å²) < 4.78 is 388. The molecule has 0 aliphatic carbocycles. The summed E-state index contributed by atoms with van der Waals surface area (Å²) >= 11 is 0. The van der Waals surface area contributed by atoms with Crippen molar-refractivity contribution in [3.63, 3.8) is 0 Å². The molecule has 6 heterocycles. The zero-order valence-electron chi connectivity index (χ0n) is 75.4. The standard InChI is InChI=1S/C37H29F9N2O3.C32H29F9N2O2.C31H25F9N2O4/c1-18-12-20(19(2)49)4-7-26(18)21-5-11-32(51-3)29(15-21)27-8-6-23(35(38,39)40)17-28(27)30-9-10-31-33(47-34(50)48(30)31)22-13-24(36(41,42)43)16-25(14-22)37(44,45)46;1-15(2)22-14-24(27(45-4)9-16(22)3)21-6-5-18(30(33,34)35)13-23(21)25-7-8-26-28(42-29(44)43(25)26)17-10-19(31(36,37)38)12-20(11-17)32(39,40)41;1-46-25-8-2-15(3-9-26(43)44)10-22(25)20-5-4-17(29(32,33)34)14-21(20)23-6-7-24-27(41-28(45)42(23)24)16-11-18(30(35,36)37)13-19(12-16)31(38,39)40/h4-8,11-17,30-31,33H,9-10H2,1-3H3,(H,47,50);5-6,9-15,25-26,28H,7-8H2,1-4H3,(H,42,44);2,4-5,8,10-14,23-24,27H,3,6-7,9H2,1H3,(H,41,45)(H,43,44)/t30-,31-,33+;25-,26-,28+;23-,24-,27+/m000/s1. The number of ether oxygens (including phenoxy) is 3. The second-order valence-corrected chi connectivity index (χ2v) is 35.4. The number of rotatable bonds is 18. The van der Waals surface area contributed by atoms with E-state index in [0.29, 0.717) is 86.8 Å². The van der Waals surface area contributed by atoms with Gasteiger partial charge in [0.2, 0.25) is 0 Å². The van der Waals surface area contributed by atoms with E-state index in [0.717, 1.165) is 63.6 Å². The average molecular weight is 2030 g/mol. The van der Waals surface area contributed by atoms with Crippen molar-refractivity contribution in [1.82, 2.24) is 30.7 Å². The zero-order valence-corrected chi connectivity index (χ0v) is 75.4. The molecule has 10 aromatic rings. The number of urea groups is 3. The number of benzene rings is 10. The third-order valence-corrected chi connectivity index (χ3v) is 26.2. The molecule has 6 fully saturated rings. The lowest BCUT2D eigenvalue weighted by atomic mass is 9.87. The van der Waals surface area contributed by atoms with Gasteiger partial charge in [0.15, 0.2) is 5.78 Å². The number of aliphatic carboxylic acids is 1. The molecule has 0 spiro atoms. The first-order valence-electron chi connectivity index (χ1n) is 43.6. The number of Topliss-reactive ketones (excluding diaryl/α,β-unsaturated/α-hetero) is 1. The molecule has 15 nitrogen and oxygen atoms in total. The minimum absolute atomic E-state index is 0.00475. The molecule has 42 heteroatoms. The lowest BCUT2D eigenvalue weighted by Gasteiger charge is -2.28. The highest BCUT2D eigenvalue weighted by Crippen LogP contribution is 2.57. The van der Waals surface area contributed by atoms with Crippen LogP contribution >= 0.6 is 0 Å². The fraction of sp³-hybridized carbons (Fsp3) is 0.350. The predicted octanol–water partition coefficient (Wildman–Crippen LogP) is 28.8. The Morgan fingerprint density at radius 3 is 0.951 bits per heavy atom. The van der Waals surface area contributed by atoms with E-state index in [9.17, 15) is 143 Å². The molecule has 6 saturated heterocycles. The summed E-state index contributed by atoms with van der Waals surface area (Å²) in [7, 11) is 4.13. The van der Waals surface area contributed by atoms with E-state index in [-0.39, 0.29) is 115 Å². The molecule has 10 aromatic carbocycles. The molecule has 0 saturated carbocycles. The van der Waals surface area contributed by atoms with Gasteiger partial charge in [-0.05, 0) is 289 Å². The summed E-state index contributed by atoms with van der Waals surface area (Å²) in [6.45, 7) is 9.03. The first kappa shape index (κ1) is 104. The van der Waals surface area contributed by atoms with E-state index in [2.05, 4.69) is 16.0 Å². The van der Waals surface area contributed by atoms with E-state index in [4.69, 9.17) is 19.3 Å². The number of amides is 6. The van der Waals surface area contributed by atoms with Gasteiger partial charge in [0.05, 0.1) is 126 Å². The number of halogens is 27. The van der Waals surface area contributed by atoms with E-state index in [1.165, 1.54) is 62.3 Å². The van der Waals surface area contributed by atoms with E-state index < -0.39 is 201 Å². The van der Waals surface area contributed by atoms with Crippen LogP contribution in [0.1, 0.15) is 224 Å². The van der Waals surface area contributed by atoms with E-state index >= 15 is 0 Å². The number of nitrogens with one attached hydrogen (secondary N) is 3. The second kappa shape index (κ2) is 38.5. The smallest absolute Gasteiger partial charge is 0.416 e. The molecule has 4 N–H and O–H groups in total. The van der Waals surface area contributed by atoms with Crippen LogP contribution in [0.25, 0.3) is 44.5 Å². The largest absolute Gasteiger partial charge is 0.496 e. The van der Waals surface area contributed by atoms with Crippen LogP contribution < -0.4 is 30.2 Å². The Hall–Kier alpha value is -13.3. The number of methoxy groups -OCH3 is 3. The molecular formula is C100H83F27N6O9. The van der Waals surface area contributed by atoms with Gasteiger partial charge >= 0.3 is 79.6 Å². The average Bonchev–Trinajstić information content (AvgIpc) is 1.59. The summed E-state index contributed by atoms with van der Waals surface area (Å²) in [6.07, 6.45) is -44.6. The topological polar surface area (TPSA) is 179 Å². The highest BCUT2D eigenvalue weighted by molar-refractivity contribution is 5.95. The van der Waals surface area contributed by atoms with E-state index in [1.807, 2.05) is 26.8 Å². The van der Waals surface area contributed by atoms with Crippen LogP contribution in [0.15, 0.2) is 176 Å². The van der Waals surface area contributed by atoms with Crippen molar-refractivity contribution in [1.29, 1.82) is 0 Å². The Morgan fingerprint density at radius 1 is 0.345 bits per heavy atom. The summed E-state index contributed by atoms with van der Waals surface area (Å²) in [4.78, 5) is 66.8. The Kier molecular flexibility index (Phi) is 28.3. The van der Waals surface area contributed by atoms with Gasteiger partial charge in [-0.3, -0.25) is 9.59 Å². The Balaban J connectivity index is 0.000000170. The van der Waals surface area contributed by atoms with Crippen LogP contribution in [0.3, 0.4) is 0 Å². The summed E-state index contributed by atoms with van der Waals surface area (Å²) in [5, 5.41) is 16.5. The first-order chi connectivity index (χ1) is 66.0. The van der Waals surface area contributed by atoms with Gasteiger partial charge < -0.3 is 50.0 Å². The molecule has 6 aliphatic heterocycles. The van der Waals surface area contributed by atoms with Crippen LogP contribution in [-0.4, -0.2) is 89.1 Å². The maximum atomic E-state index is 14.1. The number of nitrogens with zero attached hydrogens (tertiary/aromatic N) is 3. The van der Waals surface area contributed by atoms with Gasteiger partial charge in [-0.2, -0.15) is 119 Å². The number of hydrogen-bond donors (Lipinski definition) is 4. The number of fused-ring (bicyclic) bond motifs is 3. The minimum atomic E-state index is -5.12. The van der Waals surface area contributed by atoms with Crippen molar-refractivity contribution in [2.45, 2.75) is 202 Å². The minimum Gasteiger partial charge on any atom is -0.496 e. The van der Waals surface area contributed by atoms with Gasteiger partial charge in [-0.25, -0.2) is 14.4 Å². The van der Waals surface area contributed by atoms with Crippen LogP contribution in [0.2, 0.25) is 0 Å². The fourth-order valence-corrected chi connectivity index (χ4v) is 19.7. The van der Waals surface area contributed by atoms with Crippen molar-refractivity contribution in [3.8, 4) is 61.8 Å². The number of hydrogen-bond acceptors (Lipinski definition) is 8. The van der Waals surface area contributed by atoms with Crippen LogP contribution in [0.4, 0.5) is 133 Å². The van der Waals surface area contributed by atoms with Gasteiger partial charge in [0.25, 0.3) is 0 Å². The highest BCUT2D eigenvalue weighted by Gasteiger charge is 2.55. The molecular weight excluding hydrogens is 1940 g/mol. The number of alkyl halides is 27. The van der Waals surface area contributed by atoms with Crippen molar-refractivity contribution in [3.05, 3.63) is 287 Å². The Morgan fingerprint density at radius 2 is 0.655 bits per heavy atom. The molecule has 9 atom stereocenters. The summed E-state index contributed by atoms with van der Waals surface area (Å²) in [5.41, 5.74) is -6.29. The van der Waals surface area contributed by atoms with Gasteiger partial charge in [-0.1, -0.05) is 56.3 Å². The predicted molar refractivity (Wildman–Crippen MR) is 461 cm³/mol. The molecule has 0 radical (unpaired) electrons. The Labute approximate surface area is 791 Å². The van der Waals surface area contributed by atoms with E-state index in [1.54, 1.807) is 61.5 Å². The number of carboxylic acid groups (broad SMARTS) is 1. The molecule has 142 heavy (non-hydrogen) atoms. The lowest BCUT2D eigenvalue weighted by Crippen LogP contribution is -2.32. The van der Waals surface area contributed by atoms with Crippen molar-refractivity contribution in [2.75, 3.05) is 21.3 Å². The molecule has 0 bridgehead atoms. The summed E-state index contributed by atoms with van der Waals surface area (Å²) in [6, 6.07) is 18.6. The van der Waals surface area contributed by atoms with Crippen molar-refractivity contribution >= 4 is 29.8 Å². The van der Waals surface area contributed by atoms with Crippen molar-refractivity contribution < 1.29 is 162 Å². The monoisotopic (exact) mass is 2020 g/mol. The first-order valence-corrected chi connectivity index (χ1v) is 43.6. The molecule has 756 valence electrons. The maximum Gasteiger partial charge on any atom is 0.416 e. The van der Waals surface area contributed by atoms with Gasteiger partial charge in [0, 0.05) is 28.7 Å². The molecule has 6 amide bonds. The van der Waals surface area contributed by atoms with Crippen LogP contribution in [0, 0.1) is 13.8 Å². The third kappa shape index (κ3) is 21.5. The number of carboxylic acids is 1.